The van der Waals surface area contributed by atoms with Crippen LogP contribution >= 0.6 is 0 Å². The number of methoxy groups -OCH3 is 1. The van der Waals surface area contributed by atoms with Crippen LogP contribution in [0.15, 0.2) is 12.1 Å². The number of aliphatic hydroxyl groups excluding tert-OH is 1. The Balaban J connectivity index is 2.23. The number of ether oxygens (including phenoxy) is 2. The summed E-state index contributed by atoms with van der Waals surface area (Å²) in [5, 5.41) is 10.5. The monoisotopic (exact) mass is 250 g/mol. The molecule has 1 aliphatic heterocycles. The lowest BCUT2D eigenvalue weighted by Gasteiger charge is -2.28. The number of aliphatic hydroxyl groups is 1. The normalized spacial score (nSPS) is 18.7. The van der Waals surface area contributed by atoms with Gasteiger partial charge in [0.2, 0.25) is 0 Å². The summed E-state index contributed by atoms with van der Waals surface area (Å²) in [6.45, 7) is 5.56. The van der Waals surface area contributed by atoms with E-state index in [0.717, 1.165) is 48.5 Å². The van der Waals surface area contributed by atoms with Gasteiger partial charge in [0.15, 0.2) is 0 Å². The van der Waals surface area contributed by atoms with E-state index >= 15 is 0 Å². The molecule has 1 aromatic carbocycles. The molecule has 0 bridgehead atoms. The first-order valence-corrected chi connectivity index (χ1v) is 6.54. The minimum Gasteiger partial charge on any atom is -0.496 e. The molecule has 2 rings (SSSR count). The average molecular weight is 250 g/mol. The van der Waals surface area contributed by atoms with Gasteiger partial charge in [-0.2, -0.15) is 0 Å². The van der Waals surface area contributed by atoms with Gasteiger partial charge in [0.25, 0.3) is 0 Å². The Bertz CT molecular complexity index is 408. The van der Waals surface area contributed by atoms with Crippen LogP contribution in [0.25, 0.3) is 0 Å². The Kier molecular flexibility index (Phi) is 4.25. The van der Waals surface area contributed by atoms with Gasteiger partial charge in [-0.15, -0.1) is 0 Å². The van der Waals surface area contributed by atoms with Gasteiger partial charge in [0.1, 0.15) is 5.75 Å². The van der Waals surface area contributed by atoms with Gasteiger partial charge in [0, 0.05) is 13.2 Å². The highest BCUT2D eigenvalue weighted by Gasteiger charge is 2.25. The molecule has 1 heterocycles. The molecule has 1 aliphatic rings. The Labute approximate surface area is 109 Å². The molecule has 0 spiro atoms. The van der Waals surface area contributed by atoms with Crippen molar-refractivity contribution in [3.8, 4) is 5.75 Å². The van der Waals surface area contributed by atoms with E-state index in [9.17, 15) is 5.11 Å². The standard InChI is InChI=1S/C15H22O3/c1-10-9-14(17-3)11(2)8-13(10)15(16)12-4-6-18-7-5-12/h8-9,12,15-16H,4-7H2,1-3H3. The number of hydrogen-bond donors (Lipinski definition) is 1. The van der Waals surface area contributed by atoms with Crippen molar-refractivity contribution in [2.75, 3.05) is 20.3 Å². The topological polar surface area (TPSA) is 38.7 Å². The van der Waals surface area contributed by atoms with Crippen molar-refractivity contribution in [1.29, 1.82) is 0 Å². The quantitative estimate of drug-likeness (QED) is 0.896. The second-order valence-corrected chi connectivity index (χ2v) is 5.07. The highest BCUT2D eigenvalue weighted by Crippen LogP contribution is 2.34. The zero-order valence-corrected chi connectivity index (χ0v) is 11.4. The summed E-state index contributed by atoms with van der Waals surface area (Å²) in [5.41, 5.74) is 3.20. The number of rotatable bonds is 3. The second-order valence-electron chi connectivity index (χ2n) is 5.07. The maximum absolute atomic E-state index is 10.5. The van der Waals surface area contributed by atoms with E-state index in [1.807, 2.05) is 26.0 Å². The van der Waals surface area contributed by atoms with Gasteiger partial charge >= 0.3 is 0 Å². The van der Waals surface area contributed by atoms with Crippen LogP contribution in [0.4, 0.5) is 0 Å². The van der Waals surface area contributed by atoms with Crippen LogP contribution in [0.5, 0.6) is 5.75 Å². The first-order chi connectivity index (χ1) is 8.63. The van der Waals surface area contributed by atoms with Crippen LogP contribution in [0.2, 0.25) is 0 Å². The zero-order chi connectivity index (χ0) is 13.1. The molecule has 1 fully saturated rings. The van der Waals surface area contributed by atoms with Crippen LogP contribution in [0, 0.1) is 19.8 Å². The summed E-state index contributed by atoms with van der Waals surface area (Å²) in [6.07, 6.45) is 1.48. The zero-order valence-electron chi connectivity index (χ0n) is 11.4. The second kappa shape index (κ2) is 5.72. The molecule has 0 saturated carbocycles. The number of hydrogen-bond acceptors (Lipinski definition) is 3. The van der Waals surface area contributed by atoms with E-state index in [0.29, 0.717) is 5.92 Å². The van der Waals surface area contributed by atoms with Crippen LogP contribution < -0.4 is 4.74 Å². The Morgan fingerprint density at radius 1 is 1.22 bits per heavy atom. The van der Waals surface area contributed by atoms with Crippen molar-refractivity contribution in [1.82, 2.24) is 0 Å². The Hall–Kier alpha value is -1.06. The highest BCUT2D eigenvalue weighted by molar-refractivity contribution is 5.42. The lowest BCUT2D eigenvalue weighted by Crippen LogP contribution is -2.22. The highest BCUT2D eigenvalue weighted by atomic mass is 16.5. The van der Waals surface area contributed by atoms with Gasteiger partial charge in [-0.3, -0.25) is 0 Å². The van der Waals surface area contributed by atoms with Crippen LogP contribution in [0.3, 0.4) is 0 Å². The van der Waals surface area contributed by atoms with Crippen LogP contribution in [-0.2, 0) is 4.74 Å². The molecule has 18 heavy (non-hydrogen) atoms. The molecule has 0 amide bonds. The summed E-state index contributed by atoms with van der Waals surface area (Å²) >= 11 is 0. The lowest BCUT2D eigenvalue weighted by atomic mass is 9.87. The molecule has 1 atom stereocenters. The van der Waals surface area contributed by atoms with E-state index < -0.39 is 6.10 Å². The summed E-state index contributed by atoms with van der Waals surface area (Å²) in [7, 11) is 1.68. The molecular weight excluding hydrogens is 228 g/mol. The molecule has 1 saturated heterocycles. The Morgan fingerprint density at radius 3 is 2.50 bits per heavy atom. The van der Waals surface area contributed by atoms with Crippen molar-refractivity contribution >= 4 is 0 Å². The summed E-state index contributed by atoms with van der Waals surface area (Å²) in [4.78, 5) is 0. The van der Waals surface area contributed by atoms with E-state index in [1.54, 1.807) is 7.11 Å². The molecule has 0 aliphatic carbocycles. The molecule has 1 aromatic rings. The third kappa shape index (κ3) is 2.68. The minimum absolute atomic E-state index is 0.310. The third-order valence-corrected chi connectivity index (χ3v) is 3.81. The summed E-state index contributed by atoms with van der Waals surface area (Å²) in [5.74, 6) is 1.20. The molecule has 1 N–H and O–H groups in total. The first kappa shape index (κ1) is 13.4. The van der Waals surface area contributed by atoms with Crippen molar-refractivity contribution in [3.63, 3.8) is 0 Å². The molecule has 100 valence electrons. The molecule has 1 unspecified atom stereocenters. The number of benzene rings is 1. The van der Waals surface area contributed by atoms with Crippen LogP contribution in [0.1, 0.15) is 35.6 Å². The number of aryl methyl sites for hydroxylation is 2. The van der Waals surface area contributed by atoms with Crippen LogP contribution in [-0.4, -0.2) is 25.4 Å². The molecule has 3 heteroatoms. The van der Waals surface area contributed by atoms with E-state index in [2.05, 4.69) is 0 Å². The van der Waals surface area contributed by atoms with E-state index in [-0.39, 0.29) is 0 Å². The fourth-order valence-corrected chi connectivity index (χ4v) is 2.64. The SMILES string of the molecule is COc1cc(C)c(C(O)C2CCOCC2)cc1C. The third-order valence-electron chi connectivity index (χ3n) is 3.81. The van der Waals surface area contributed by atoms with Crippen molar-refractivity contribution in [3.05, 3.63) is 28.8 Å². The largest absolute Gasteiger partial charge is 0.496 e. The fourth-order valence-electron chi connectivity index (χ4n) is 2.64. The van der Waals surface area contributed by atoms with Crippen molar-refractivity contribution in [2.24, 2.45) is 5.92 Å². The van der Waals surface area contributed by atoms with Gasteiger partial charge in [0.05, 0.1) is 13.2 Å². The van der Waals surface area contributed by atoms with E-state index in [1.165, 1.54) is 0 Å². The lowest BCUT2D eigenvalue weighted by molar-refractivity contribution is 0.00692. The van der Waals surface area contributed by atoms with Gasteiger partial charge < -0.3 is 14.6 Å². The maximum atomic E-state index is 10.5. The molecule has 0 radical (unpaired) electrons. The van der Waals surface area contributed by atoms with E-state index in [4.69, 9.17) is 9.47 Å². The molecule has 3 nitrogen and oxygen atoms in total. The predicted octanol–water partition coefficient (Wildman–Crippen LogP) is 2.77. The molecule has 0 aromatic heterocycles. The van der Waals surface area contributed by atoms with Gasteiger partial charge in [-0.25, -0.2) is 0 Å². The summed E-state index contributed by atoms with van der Waals surface area (Å²) in [6, 6.07) is 4.06. The smallest absolute Gasteiger partial charge is 0.122 e. The van der Waals surface area contributed by atoms with Crippen molar-refractivity contribution in [2.45, 2.75) is 32.8 Å². The van der Waals surface area contributed by atoms with Gasteiger partial charge in [-0.05, 0) is 61.4 Å². The van der Waals surface area contributed by atoms with Crippen molar-refractivity contribution < 1.29 is 14.6 Å². The predicted molar refractivity (Wildman–Crippen MR) is 71.0 cm³/mol. The maximum Gasteiger partial charge on any atom is 0.122 e. The molecular formula is C15H22O3. The minimum atomic E-state index is -0.390. The first-order valence-electron chi connectivity index (χ1n) is 6.54. The van der Waals surface area contributed by atoms with Gasteiger partial charge in [-0.1, -0.05) is 0 Å². The Morgan fingerprint density at radius 2 is 1.89 bits per heavy atom. The summed E-state index contributed by atoms with van der Waals surface area (Å²) < 4.78 is 10.6. The fraction of sp³-hybridized carbons (Fsp3) is 0.600. The average Bonchev–Trinajstić information content (AvgIpc) is 2.41.